The number of nitrogens with two attached hydrogens (primary N) is 1. The van der Waals surface area contributed by atoms with Crippen LogP contribution in [-0.4, -0.2) is 0 Å². The van der Waals surface area contributed by atoms with E-state index < -0.39 is 0 Å². The number of nitrogens with zero attached hydrogens (tertiary/aromatic N) is 1. The minimum Gasteiger partial charge on any atom is -0.397 e. The summed E-state index contributed by atoms with van der Waals surface area (Å²) in [6, 6.07) is 16.0. The van der Waals surface area contributed by atoms with Gasteiger partial charge in [-0.15, -0.1) is 0 Å². The van der Waals surface area contributed by atoms with Gasteiger partial charge >= 0.3 is 0 Å². The van der Waals surface area contributed by atoms with Gasteiger partial charge in [-0.05, 0) is 17.7 Å². The summed E-state index contributed by atoms with van der Waals surface area (Å²) in [4.78, 5) is 0. The van der Waals surface area contributed by atoms with Crippen LogP contribution in [0.25, 0.3) is 16.5 Å². The van der Waals surface area contributed by atoms with Crippen molar-refractivity contribution >= 4 is 16.5 Å². The summed E-state index contributed by atoms with van der Waals surface area (Å²) in [5.74, 6) is 0. The van der Waals surface area contributed by atoms with Crippen molar-refractivity contribution in [2.75, 3.05) is 0 Å². The second-order valence-electron chi connectivity index (χ2n) is 3.68. The SMILES string of the molecule is C/C(C#N)=C(/N)c1cccc2ccccc12. The molecule has 0 bridgehead atoms. The van der Waals surface area contributed by atoms with Crippen LogP contribution in [0.5, 0.6) is 0 Å². The molecular weight excluding hydrogens is 196 g/mol. The van der Waals surface area contributed by atoms with Crippen LogP contribution in [0.1, 0.15) is 12.5 Å². The molecule has 0 radical (unpaired) electrons. The topological polar surface area (TPSA) is 49.8 Å². The predicted molar refractivity (Wildman–Crippen MR) is 66.3 cm³/mol. The summed E-state index contributed by atoms with van der Waals surface area (Å²) in [6.07, 6.45) is 0. The third-order valence-electron chi connectivity index (χ3n) is 2.65. The first kappa shape index (κ1) is 10.3. The van der Waals surface area contributed by atoms with Crippen molar-refractivity contribution in [1.82, 2.24) is 0 Å². The molecule has 2 heteroatoms. The smallest absolute Gasteiger partial charge is 0.0965 e. The first-order valence-corrected chi connectivity index (χ1v) is 5.08. The lowest BCUT2D eigenvalue weighted by atomic mass is 10.0. The molecule has 2 N–H and O–H groups in total. The number of fused-ring (bicyclic) bond motifs is 1. The van der Waals surface area contributed by atoms with E-state index in [0.29, 0.717) is 11.3 Å². The van der Waals surface area contributed by atoms with Crippen LogP contribution in [-0.2, 0) is 0 Å². The molecule has 0 saturated heterocycles. The number of hydrogen-bond acceptors (Lipinski definition) is 2. The molecule has 0 aliphatic carbocycles. The van der Waals surface area contributed by atoms with E-state index in [9.17, 15) is 0 Å². The molecule has 0 heterocycles. The van der Waals surface area contributed by atoms with Gasteiger partial charge in [-0.1, -0.05) is 42.5 Å². The van der Waals surface area contributed by atoms with Gasteiger partial charge in [0.05, 0.1) is 11.8 Å². The summed E-state index contributed by atoms with van der Waals surface area (Å²) < 4.78 is 0. The zero-order valence-electron chi connectivity index (χ0n) is 9.07. The summed E-state index contributed by atoms with van der Waals surface area (Å²) in [5.41, 5.74) is 8.01. The fourth-order valence-electron chi connectivity index (χ4n) is 1.72. The fraction of sp³-hybridized carbons (Fsp3) is 0.0714. The highest BCUT2D eigenvalue weighted by Gasteiger charge is 2.05. The highest BCUT2D eigenvalue weighted by atomic mass is 14.6. The van der Waals surface area contributed by atoms with E-state index in [0.717, 1.165) is 16.3 Å². The van der Waals surface area contributed by atoms with Crippen molar-refractivity contribution in [1.29, 1.82) is 5.26 Å². The molecule has 0 aliphatic heterocycles. The van der Waals surface area contributed by atoms with Gasteiger partial charge in [0, 0.05) is 11.1 Å². The van der Waals surface area contributed by atoms with E-state index in [2.05, 4.69) is 6.07 Å². The third-order valence-corrected chi connectivity index (χ3v) is 2.65. The quantitative estimate of drug-likeness (QED) is 0.732. The van der Waals surface area contributed by atoms with Crippen LogP contribution in [0, 0.1) is 11.3 Å². The number of benzene rings is 2. The van der Waals surface area contributed by atoms with E-state index in [1.807, 2.05) is 42.5 Å². The van der Waals surface area contributed by atoms with Gasteiger partial charge in [-0.2, -0.15) is 5.26 Å². The molecular formula is C14H12N2. The molecule has 2 nitrogen and oxygen atoms in total. The van der Waals surface area contributed by atoms with E-state index >= 15 is 0 Å². The van der Waals surface area contributed by atoms with Gasteiger partial charge in [-0.3, -0.25) is 0 Å². The normalized spacial score (nSPS) is 12.0. The van der Waals surface area contributed by atoms with Gasteiger partial charge in [0.1, 0.15) is 0 Å². The molecule has 78 valence electrons. The fourth-order valence-corrected chi connectivity index (χ4v) is 1.72. The Morgan fingerprint density at radius 2 is 1.81 bits per heavy atom. The largest absolute Gasteiger partial charge is 0.397 e. The van der Waals surface area contributed by atoms with Crippen molar-refractivity contribution < 1.29 is 0 Å². The highest BCUT2D eigenvalue weighted by Crippen LogP contribution is 2.23. The van der Waals surface area contributed by atoms with E-state index in [-0.39, 0.29) is 0 Å². The van der Waals surface area contributed by atoms with Crippen LogP contribution in [0.2, 0.25) is 0 Å². The van der Waals surface area contributed by atoms with Gasteiger partial charge < -0.3 is 5.73 Å². The van der Waals surface area contributed by atoms with Crippen molar-refractivity contribution in [3.8, 4) is 6.07 Å². The Kier molecular flexibility index (Phi) is 2.61. The van der Waals surface area contributed by atoms with Crippen LogP contribution in [0.4, 0.5) is 0 Å². The molecule has 2 aromatic rings. The third kappa shape index (κ3) is 1.64. The van der Waals surface area contributed by atoms with Crippen LogP contribution in [0.15, 0.2) is 48.0 Å². The monoisotopic (exact) mass is 208 g/mol. The Hall–Kier alpha value is -2.27. The average molecular weight is 208 g/mol. The lowest BCUT2D eigenvalue weighted by molar-refractivity contribution is 1.40. The molecule has 0 fully saturated rings. The van der Waals surface area contributed by atoms with Crippen molar-refractivity contribution in [2.24, 2.45) is 5.73 Å². The Morgan fingerprint density at radius 3 is 2.56 bits per heavy atom. The Bertz CT molecular complexity index is 598. The highest BCUT2D eigenvalue weighted by molar-refractivity contribution is 5.94. The molecule has 2 aromatic carbocycles. The van der Waals surface area contributed by atoms with Gasteiger partial charge in [0.15, 0.2) is 0 Å². The predicted octanol–water partition coefficient (Wildman–Crippen LogP) is 3.05. The van der Waals surface area contributed by atoms with E-state index in [4.69, 9.17) is 11.0 Å². The minimum absolute atomic E-state index is 0.552. The first-order chi connectivity index (χ1) is 7.74. The van der Waals surface area contributed by atoms with Gasteiger partial charge in [-0.25, -0.2) is 0 Å². The molecule has 0 atom stereocenters. The van der Waals surface area contributed by atoms with Crippen molar-refractivity contribution in [3.63, 3.8) is 0 Å². The molecule has 0 aromatic heterocycles. The second kappa shape index (κ2) is 4.08. The maximum absolute atomic E-state index is 8.85. The zero-order valence-corrected chi connectivity index (χ0v) is 9.07. The summed E-state index contributed by atoms with van der Waals surface area (Å²) in [5, 5.41) is 11.1. The summed E-state index contributed by atoms with van der Waals surface area (Å²) in [7, 11) is 0. The molecule has 16 heavy (non-hydrogen) atoms. The van der Waals surface area contributed by atoms with Crippen LogP contribution < -0.4 is 5.73 Å². The number of allylic oxidation sites excluding steroid dienone is 1. The van der Waals surface area contributed by atoms with Crippen molar-refractivity contribution in [3.05, 3.63) is 53.6 Å². The number of nitriles is 1. The lowest BCUT2D eigenvalue weighted by Crippen LogP contribution is -1.99. The standard InChI is InChI=1S/C14H12N2/c1-10(9-15)14(16)13-8-4-6-11-5-2-3-7-12(11)13/h2-8H,16H2,1H3/b14-10-. The van der Waals surface area contributed by atoms with Crippen LogP contribution in [0.3, 0.4) is 0 Å². The molecule has 0 spiro atoms. The molecule has 2 rings (SSSR count). The van der Waals surface area contributed by atoms with Crippen LogP contribution >= 0.6 is 0 Å². The Balaban J connectivity index is 2.76. The number of hydrogen-bond donors (Lipinski definition) is 1. The summed E-state index contributed by atoms with van der Waals surface area (Å²) in [6.45, 7) is 1.73. The molecule has 0 saturated carbocycles. The molecule has 0 aliphatic rings. The Morgan fingerprint density at radius 1 is 1.12 bits per heavy atom. The maximum atomic E-state index is 8.85. The van der Waals surface area contributed by atoms with Gasteiger partial charge in [0.25, 0.3) is 0 Å². The minimum atomic E-state index is 0.552. The lowest BCUT2D eigenvalue weighted by Gasteiger charge is -2.07. The zero-order chi connectivity index (χ0) is 11.5. The average Bonchev–Trinajstić information content (AvgIpc) is 2.36. The Labute approximate surface area is 94.6 Å². The van der Waals surface area contributed by atoms with E-state index in [1.54, 1.807) is 6.92 Å². The number of rotatable bonds is 1. The van der Waals surface area contributed by atoms with Crippen molar-refractivity contribution in [2.45, 2.75) is 6.92 Å². The second-order valence-corrected chi connectivity index (χ2v) is 3.68. The summed E-state index contributed by atoms with van der Waals surface area (Å²) >= 11 is 0. The molecule has 0 amide bonds. The molecule has 0 unspecified atom stereocenters. The maximum Gasteiger partial charge on any atom is 0.0965 e. The first-order valence-electron chi connectivity index (χ1n) is 5.08. The van der Waals surface area contributed by atoms with Gasteiger partial charge in [0.2, 0.25) is 0 Å². The van der Waals surface area contributed by atoms with E-state index in [1.165, 1.54) is 0 Å².